The number of pyridine rings is 1. The van der Waals surface area contributed by atoms with E-state index in [4.69, 9.17) is 4.74 Å². The van der Waals surface area contributed by atoms with Crippen LogP contribution in [0.5, 0.6) is 0 Å². The predicted octanol–water partition coefficient (Wildman–Crippen LogP) is 3.03. The lowest BCUT2D eigenvalue weighted by Crippen LogP contribution is -2.51. The Kier molecular flexibility index (Phi) is 5.63. The van der Waals surface area contributed by atoms with Crippen LogP contribution in [-0.4, -0.2) is 28.0 Å². The van der Waals surface area contributed by atoms with E-state index in [1.165, 1.54) is 12.1 Å². The largest absolute Gasteiger partial charge is 0.444 e. The van der Waals surface area contributed by atoms with Crippen molar-refractivity contribution in [3.8, 4) is 0 Å². The zero-order valence-electron chi connectivity index (χ0n) is 13.7. The van der Waals surface area contributed by atoms with Crippen molar-refractivity contribution < 1.29 is 18.7 Å². The summed E-state index contributed by atoms with van der Waals surface area (Å²) in [7, 11) is 0. The Balaban J connectivity index is 2.55. The summed E-state index contributed by atoms with van der Waals surface area (Å²) in [6, 6.07) is 2.84. The number of amides is 1. The van der Waals surface area contributed by atoms with Gasteiger partial charge < -0.3 is 10.1 Å². The van der Waals surface area contributed by atoms with Crippen molar-refractivity contribution in [1.29, 1.82) is 0 Å². The topological polar surface area (TPSA) is 68.3 Å². The van der Waals surface area contributed by atoms with E-state index < -0.39 is 23.1 Å². The number of hydrogen-bond donors (Lipinski definition) is 1. The van der Waals surface area contributed by atoms with Gasteiger partial charge in [0.15, 0.2) is 5.78 Å². The molecule has 0 radical (unpaired) electrons. The van der Waals surface area contributed by atoms with Crippen LogP contribution < -0.4 is 5.32 Å². The molecule has 0 aliphatic rings. The molecule has 1 heterocycles. The van der Waals surface area contributed by atoms with Gasteiger partial charge in [-0.25, -0.2) is 9.18 Å². The van der Waals surface area contributed by atoms with Gasteiger partial charge >= 0.3 is 6.09 Å². The normalized spacial score (nSPS) is 11.9. The molecule has 0 aliphatic carbocycles. The maximum atomic E-state index is 12.8. The molecule has 0 aromatic carbocycles. The molecule has 6 heteroatoms. The average Bonchev–Trinajstić information content (AvgIpc) is 2.34. The highest BCUT2D eigenvalue weighted by atomic mass is 19.1. The van der Waals surface area contributed by atoms with Gasteiger partial charge in [-0.15, -0.1) is 0 Å². The minimum absolute atomic E-state index is 0.149. The minimum atomic E-state index is -1.04. The molecule has 1 rings (SSSR count). The standard InChI is InChI=1S/C16H23FN2O3/c1-15(2,3)22-14(21)19-16(4,5)13(20)9-8-12-7-6-11(17)10-18-12/h6-7,10H,8-9H2,1-5H3,(H,19,21). The second-order valence-corrected chi connectivity index (χ2v) is 6.64. The number of aromatic nitrogens is 1. The van der Waals surface area contributed by atoms with Crippen molar-refractivity contribution >= 4 is 11.9 Å². The molecule has 0 spiro atoms. The summed E-state index contributed by atoms with van der Waals surface area (Å²) < 4.78 is 17.9. The van der Waals surface area contributed by atoms with Crippen LogP contribution in [0.25, 0.3) is 0 Å². The maximum absolute atomic E-state index is 12.8. The number of Topliss-reactive ketones (excluding diaryl/α,β-unsaturated/α-hetero) is 1. The van der Waals surface area contributed by atoms with E-state index in [-0.39, 0.29) is 12.2 Å². The first-order chi connectivity index (χ1) is 9.99. The van der Waals surface area contributed by atoms with Gasteiger partial charge in [-0.3, -0.25) is 9.78 Å². The third-order valence-electron chi connectivity index (χ3n) is 2.91. The van der Waals surface area contributed by atoms with Crippen molar-refractivity contribution in [3.05, 3.63) is 29.8 Å². The highest BCUT2D eigenvalue weighted by Gasteiger charge is 2.30. The van der Waals surface area contributed by atoms with Gasteiger partial charge in [0.05, 0.1) is 11.7 Å². The lowest BCUT2D eigenvalue weighted by atomic mass is 9.95. The molecule has 5 nitrogen and oxygen atoms in total. The van der Waals surface area contributed by atoms with Crippen molar-refractivity contribution in [2.24, 2.45) is 0 Å². The minimum Gasteiger partial charge on any atom is -0.444 e. The van der Waals surface area contributed by atoms with E-state index in [9.17, 15) is 14.0 Å². The van der Waals surface area contributed by atoms with Crippen LogP contribution in [0, 0.1) is 5.82 Å². The number of alkyl carbamates (subject to hydrolysis) is 1. The molecular formula is C16H23FN2O3. The number of carbonyl (C=O) groups is 2. The first-order valence-corrected chi connectivity index (χ1v) is 7.14. The highest BCUT2D eigenvalue weighted by molar-refractivity contribution is 5.90. The summed E-state index contributed by atoms with van der Waals surface area (Å²) in [6.45, 7) is 8.50. The molecule has 0 fully saturated rings. The second-order valence-electron chi connectivity index (χ2n) is 6.64. The smallest absolute Gasteiger partial charge is 0.408 e. The second kappa shape index (κ2) is 6.85. The Morgan fingerprint density at radius 1 is 1.23 bits per heavy atom. The van der Waals surface area contributed by atoms with Crippen molar-refractivity contribution in [1.82, 2.24) is 10.3 Å². The number of ether oxygens (including phenoxy) is 1. The van der Waals surface area contributed by atoms with Crippen molar-refractivity contribution in [2.75, 3.05) is 0 Å². The van der Waals surface area contributed by atoms with Crippen LogP contribution in [0.2, 0.25) is 0 Å². The van der Waals surface area contributed by atoms with E-state index in [0.29, 0.717) is 12.1 Å². The van der Waals surface area contributed by atoms with Gasteiger partial charge in [-0.2, -0.15) is 0 Å². The summed E-state index contributed by atoms with van der Waals surface area (Å²) >= 11 is 0. The van der Waals surface area contributed by atoms with Gasteiger partial charge in [0.25, 0.3) is 0 Å². The Labute approximate surface area is 130 Å². The van der Waals surface area contributed by atoms with Crippen molar-refractivity contribution in [2.45, 2.75) is 58.6 Å². The predicted molar refractivity (Wildman–Crippen MR) is 81.0 cm³/mol. The van der Waals surface area contributed by atoms with Crippen LogP contribution in [0.15, 0.2) is 18.3 Å². The number of halogens is 1. The lowest BCUT2D eigenvalue weighted by Gasteiger charge is -2.27. The van der Waals surface area contributed by atoms with Crippen LogP contribution in [0.4, 0.5) is 9.18 Å². The number of rotatable bonds is 5. The molecule has 1 aromatic heterocycles. The third-order valence-corrected chi connectivity index (χ3v) is 2.91. The average molecular weight is 310 g/mol. The van der Waals surface area contributed by atoms with E-state index >= 15 is 0 Å². The van der Waals surface area contributed by atoms with Gasteiger partial charge in [0.2, 0.25) is 0 Å². The summed E-state index contributed by atoms with van der Waals surface area (Å²) in [5.74, 6) is -0.563. The van der Waals surface area contributed by atoms with Crippen LogP contribution in [0.3, 0.4) is 0 Å². The molecule has 1 aromatic rings. The molecule has 0 saturated carbocycles. The number of hydrogen-bond acceptors (Lipinski definition) is 4. The van der Waals surface area contributed by atoms with Crippen LogP contribution in [0.1, 0.15) is 46.7 Å². The molecule has 1 N–H and O–H groups in total. The molecular weight excluding hydrogens is 287 g/mol. The molecule has 22 heavy (non-hydrogen) atoms. The molecule has 122 valence electrons. The SMILES string of the molecule is CC(C)(C)OC(=O)NC(C)(C)C(=O)CCc1ccc(F)cn1. The van der Waals surface area contributed by atoms with Crippen molar-refractivity contribution in [3.63, 3.8) is 0 Å². The van der Waals surface area contributed by atoms with Crippen LogP contribution in [-0.2, 0) is 16.0 Å². The monoisotopic (exact) mass is 310 g/mol. The van der Waals surface area contributed by atoms with Gasteiger partial charge in [0, 0.05) is 12.1 Å². The number of carbonyl (C=O) groups excluding carboxylic acids is 2. The molecule has 1 amide bonds. The fraction of sp³-hybridized carbons (Fsp3) is 0.562. The number of nitrogens with one attached hydrogen (secondary N) is 1. The fourth-order valence-corrected chi connectivity index (χ4v) is 1.74. The summed E-state index contributed by atoms with van der Waals surface area (Å²) in [4.78, 5) is 27.9. The molecule has 0 bridgehead atoms. The first-order valence-electron chi connectivity index (χ1n) is 7.14. The van der Waals surface area contributed by atoms with Gasteiger partial charge in [-0.05, 0) is 53.2 Å². The van der Waals surface area contributed by atoms with Crippen LogP contribution >= 0.6 is 0 Å². The van der Waals surface area contributed by atoms with E-state index in [2.05, 4.69) is 10.3 Å². The zero-order valence-corrected chi connectivity index (χ0v) is 13.7. The molecule has 0 saturated heterocycles. The Hall–Kier alpha value is -1.98. The highest BCUT2D eigenvalue weighted by Crippen LogP contribution is 2.13. The molecule has 0 atom stereocenters. The quantitative estimate of drug-likeness (QED) is 0.907. The Morgan fingerprint density at radius 2 is 1.86 bits per heavy atom. The summed E-state index contributed by atoms with van der Waals surface area (Å²) in [6.07, 6.45) is 1.06. The van der Waals surface area contributed by atoms with E-state index in [0.717, 1.165) is 6.20 Å². The Bertz CT molecular complexity index is 533. The third kappa shape index (κ3) is 6.20. The summed E-state index contributed by atoms with van der Waals surface area (Å²) in [5, 5.41) is 2.57. The fourth-order valence-electron chi connectivity index (χ4n) is 1.74. The number of ketones is 1. The summed E-state index contributed by atoms with van der Waals surface area (Å²) in [5.41, 5.74) is -1.04. The molecule has 0 unspecified atom stereocenters. The van der Waals surface area contributed by atoms with E-state index in [1.807, 2.05) is 0 Å². The lowest BCUT2D eigenvalue weighted by molar-refractivity contribution is -0.124. The van der Waals surface area contributed by atoms with E-state index in [1.54, 1.807) is 34.6 Å². The molecule has 0 aliphatic heterocycles. The first kappa shape index (κ1) is 18.1. The van der Waals surface area contributed by atoms with Gasteiger partial charge in [-0.1, -0.05) is 0 Å². The Morgan fingerprint density at radius 3 is 2.36 bits per heavy atom. The number of nitrogens with zero attached hydrogens (tertiary/aromatic N) is 1. The number of aryl methyl sites for hydroxylation is 1. The maximum Gasteiger partial charge on any atom is 0.408 e. The zero-order chi connectivity index (χ0) is 17.0. The van der Waals surface area contributed by atoms with Gasteiger partial charge in [0.1, 0.15) is 11.4 Å².